The van der Waals surface area contributed by atoms with E-state index in [1.807, 2.05) is 19.0 Å². The maximum Gasteiger partial charge on any atom is 0.212 e. The SMILES string of the molecule is CN(C)CCn1ncc(Br)c1C(=O)c1ccc(N)c(Cl)c1. The highest BCUT2D eigenvalue weighted by atomic mass is 79.9. The van der Waals surface area contributed by atoms with Gasteiger partial charge in [-0.3, -0.25) is 9.48 Å². The summed E-state index contributed by atoms with van der Waals surface area (Å²) in [5, 5.41) is 4.61. The van der Waals surface area contributed by atoms with Gasteiger partial charge in [-0.25, -0.2) is 0 Å². The zero-order valence-electron chi connectivity index (χ0n) is 11.8. The Morgan fingerprint density at radius 3 is 2.81 bits per heavy atom. The Morgan fingerprint density at radius 1 is 1.48 bits per heavy atom. The fourth-order valence-electron chi connectivity index (χ4n) is 1.86. The second-order valence-electron chi connectivity index (χ2n) is 4.93. The summed E-state index contributed by atoms with van der Waals surface area (Å²) >= 11 is 9.36. The quantitative estimate of drug-likeness (QED) is 0.648. The Hall–Kier alpha value is -1.37. The highest BCUT2D eigenvalue weighted by Crippen LogP contribution is 2.24. The molecule has 0 aliphatic carbocycles. The van der Waals surface area contributed by atoms with Crippen molar-refractivity contribution >= 4 is 39.0 Å². The first-order chi connectivity index (χ1) is 9.90. The smallest absolute Gasteiger partial charge is 0.212 e. The van der Waals surface area contributed by atoms with E-state index in [0.717, 1.165) is 6.54 Å². The highest BCUT2D eigenvalue weighted by molar-refractivity contribution is 9.10. The van der Waals surface area contributed by atoms with Crippen molar-refractivity contribution in [2.45, 2.75) is 6.54 Å². The Labute approximate surface area is 136 Å². The molecule has 2 aromatic rings. The van der Waals surface area contributed by atoms with Gasteiger partial charge in [0.2, 0.25) is 5.78 Å². The molecule has 2 N–H and O–H groups in total. The fraction of sp³-hybridized carbons (Fsp3) is 0.286. The van der Waals surface area contributed by atoms with Gasteiger partial charge in [0.25, 0.3) is 0 Å². The third-order valence-corrected chi connectivity index (χ3v) is 3.94. The van der Waals surface area contributed by atoms with Crippen LogP contribution in [0.2, 0.25) is 5.02 Å². The van der Waals surface area contributed by atoms with Gasteiger partial charge in [0.15, 0.2) is 0 Å². The van der Waals surface area contributed by atoms with Crippen molar-refractivity contribution < 1.29 is 4.79 Å². The number of carbonyl (C=O) groups is 1. The van der Waals surface area contributed by atoms with Crippen LogP contribution in [0.1, 0.15) is 16.1 Å². The molecule has 0 bridgehead atoms. The molecule has 2 rings (SSSR count). The molecule has 0 saturated carbocycles. The molecule has 0 atom stereocenters. The van der Waals surface area contributed by atoms with Crippen LogP contribution in [0.5, 0.6) is 0 Å². The van der Waals surface area contributed by atoms with E-state index >= 15 is 0 Å². The van der Waals surface area contributed by atoms with Crippen LogP contribution in [0, 0.1) is 0 Å². The molecule has 1 aromatic carbocycles. The van der Waals surface area contributed by atoms with Crippen LogP contribution in [-0.4, -0.2) is 41.1 Å². The summed E-state index contributed by atoms with van der Waals surface area (Å²) in [5.74, 6) is -0.139. The predicted octanol–water partition coefficient (Wildman–Crippen LogP) is 2.67. The average Bonchev–Trinajstić information content (AvgIpc) is 2.80. The Bertz CT molecular complexity index is 669. The minimum absolute atomic E-state index is 0.139. The lowest BCUT2D eigenvalue weighted by Gasteiger charge is -2.12. The first-order valence-corrected chi connectivity index (χ1v) is 7.53. The third-order valence-electron chi connectivity index (χ3n) is 3.03. The Kier molecular flexibility index (Phi) is 5.03. The minimum atomic E-state index is -0.139. The Morgan fingerprint density at radius 2 is 2.19 bits per heavy atom. The number of rotatable bonds is 5. The topological polar surface area (TPSA) is 64.2 Å². The van der Waals surface area contributed by atoms with Gasteiger partial charge in [0.05, 0.1) is 27.9 Å². The van der Waals surface area contributed by atoms with Crippen LogP contribution < -0.4 is 5.73 Å². The van der Waals surface area contributed by atoms with Gasteiger partial charge in [-0.05, 0) is 48.2 Å². The number of halogens is 2. The molecular formula is C14H16BrClN4O. The van der Waals surface area contributed by atoms with Gasteiger partial charge < -0.3 is 10.6 Å². The van der Waals surface area contributed by atoms with Gasteiger partial charge in [0, 0.05) is 12.1 Å². The molecule has 0 radical (unpaired) electrons. The molecule has 0 amide bonds. The monoisotopic (exact) mass is 370 g/mol. The number of anilines is 1. The predicted molar refractivity (Wildman–Crippen MR) is 87.8 cm³/mol. The van der Waals surface area contributed by atoms with E-state index in [-0.39, 0.29) is 5.78 Å². The van der Waals surface area contributed by atoms with Crippen molar-refractivity contribution in [2.24, 2.45) is 0 Å². The van der Waals surface area contributed by atoms with E-state index in [4.69, 9.17) is 17.3 Å². The molecule has 21 heavy (non-hydrogen) atoms. The maximum absolute atomic E-state index is 12.7. The van der Waals surface area contributed by atoms with E-state index in [9.17, 15) is 4.79 Å². The first kappa shape index (κ1) is 16.0. The van der Waals surface area contributed by atoms with E-state index in [0.29, 0.717) is 33.0 Å². The summed E-state index contributed by atoms with van der Waals surface area (Å²) in [6.45, 7) is 1.42. The van der Waals surface area contributed by atoms with Crippen molar-refractivity contribution in [1.82, 2.24) is 14.7 Å². The van der Waals surface area contributed by atoms with Gasteiger partial charge >= 0.3 is 0 Å². The lowest BCUT2D eigenvalue weighted by molar-refractivity contribution is 0.102. The molecule has 0 aliphatic heterocycles. The summed E-state index contributed by atoms with van der Waals surface area (Å²) in [5.41, 5.74) is 7.12. The number of likely N-dealkylation sites (N-methyl/N-ethyl adjacent to an activating group) is 1. The van der Waals surface area contributed by atoms with Gasteiger partial charge in [0.1, 0.15) is 5.69 Å². The van der Waals surface area contributed by atoms with Crippen molar-refractivity contribution in [1.29, 1.82) is 0 Å². The number of benzene rings is 1. The summed E-state index contributed by atoms with van der Waals surface area (Å²) in [4.78, 5) is 14.7. The zero-order valence-corrected chi connectivity index (χ0v) is 14.1. The number of hydrogen-bond acceptors (Lipinski definition) is 4. The summed E-state index contributed by atoms with van der Waals surface area (Å²) in [7, 11) is 3.94. The van der Waals surface area contributed by atoms with E-state index < -0.39 is 0 Å². The number of aromatic nitrogens is 2. The fourth-order valence-corrected chi connectivity index (χ4v) is 2.51. The molecule has 0 unspecified atom stereocenters. The van der Waals surface area contributed by atoms with Crippen LogP contribution in [0.25, 0.3) is 0 Å². The molecule has 112 valence electrons. The molecule has 0 spiro atoms. The number of nitrogens with zero attached hydrogens (tertiary/aromatic N) is 3. The van der Waals surface area contributed by atoms with Gasteiger partial charge in [-0.1, -0.05) is 11.6 Å². The van der Waals surface area contributed by atoms with Crippen LogP contribution >= 0.6 is 27.5 Å². The number of ketones is 1. The van der Waals surface area contributed by atoms with Crippen LogP contribution in [0.4, 0.5) is 5.69 Å². The molecule has 7 heteroatoms. The number of hydrogen-bond donors (Lipinski definition) is 1. The standard InChI is InChI=1S/C14H16BrClN4O/c1-19(2)5-6-20-13(10(15)8-18-20)14(21)9-3-4-12(17)11(16)7-9/h3-4,7-8H,5-6,17H2,1-2H3. The molecule has 5 nitrogen and oxygen atoms in total. The number of carbonyl (C=O) groups excluding carboxylic acids is 1. The minimum Gasteiger partial charge on any atom is -0.398 e. The van der Waals surface area contributed by atoms with Crippen molar-refractivity contribution in [3.63, 3.8) is 0 Å². The molecular weight excluding hydrogens is 356 g/mol. The van der Waals surface area contributed by atoms with Gasteiger partial charge in [-0.2, -0.15) is 5.10 Å². The zero-order chi connectivity index (χ0) is 15.6. The number of nitrogen functional groups attached to an aromatic ring is 1. The molecule has 0 fully saturated rings. The average molecular weight is 372 g/mol. The van der Waals surface area contributed by atoms with Crippen molar-refractivity contribution in [2.75, 3.05) is 26.4 Å². The van der Waals surface area contributed by atoms with E-state index in [1.54, 1.807) is 29.1 Å². The second kappa shape index (κ2) is 6.60. The highest BCUT2D eigenvalue weighted by Gasteiger charge is 2.19. The van der Waals surface area contributed by atoms with Crippen molar-refractivity contribution in [3.8, 4) is 0 Å². The van der Waals surface area contributed by atoms with Crippen LogP contribution in [-0.2, 0) is 6.54 Å². The lowest BCUT2D eigenvalue weighted by Crippen LogP contribution is -2.21. The molecule has 0 saturated heterocycles. The van der Waals surface area contributed by atoms with Crippen LogP contribution in [0.15, 0.2) is 28.9 Å². The molecule has 1 aromatic heterocycles. The largest absolute Gasteiger partial charge is 0.398 e. The van der Waals surface area contributed by atoms with Crippen molar-refractivity contribution in [3.05, 3.63) is 45.1 Å². The van der Waals surface area contributed by atoms with E-state index in [2.05, 4.69) is 21.0 Å². The normalized spacial score (nSPS) is 11.1. The Balaban J connectivity index is 2.34. The summed E-state index contributed by atoms with van der Waals surface area (Å²) in [6, 6.07) is 4.87. The first-order valence-electron chi connectivity index (χ1n) is 6.36. The third kappa shape index (κ3) is 3.64. The molecule has 0 aliphatic rings. The number of nitrogens with two attached hydrogens (primary N) is 1. The summed E-state index contributed by atoms with van der Waals surface area (Å²) in [6.07, 6.45) is 1.63. The lowest BCUT2D eigenvalue weighted by atomic mass is 10.1. The maximum atomic E-state index is 12.7. The molecule has 1 heterocycles. The van der Waals surface area contributed by atoms with Gasteiger partial charge in [-0.15, -0.1) is 0 Å². The van der Waals surface area contributed by atoms with Crippen LogP contribution in [0.3, 0.4) is 0 Å². The van der Waals surface area contributed by atoms with E-state index in [1.165, 1.54) is 0 Å². The second-order valence-corrected chi connectivity index (χ2v) is 6.19. The summed E-state index contributed by atoms with van der Waals surface area (Å²) < 4.78 is 2.36.